The molecule has 152 valence electrons. The average Bonchev–Trinajstić information content (AvgIpc) is 3.24. The number of pyridine rings is 1. The van der Waals surface area contributed by atoms with Crippen LogP contribution in [0.5, 0.6) is 0 Å². The van der Waals surface area contributed by atoms with Gasteiger partial charge in [0.2, 0.25) is 5.89 Å². The second-order valence-corrected chi connectivity index (χ2v) is 7.29. The molecule has 0 fully saturated rings. The van der Waals surface area contributed by atoms with Crippen LogP contribution in [0.3, 0.4) is 0 Å². The van der Waals surface area contributed by atoms with Crippen LogP contribution < -0.4 is 0 Å². The molecule has 4 rings (SSSR count). The molecule has 6 nitrogen and oxygen atoms in total. The van der Waals surface area contributed by atoms with Crippen molar-refractivity contribution in [2.45, 2.75) is 40.2 Å². The van der Waals surface area contributed by atoms with Crippen LogP contribution in [0.1, 0.15) is 53.0 Å². The fourth-order valence-electron chi connectivity index (χ4n) is 3.45. The van der Waals surface area contributed by atoms with Crippen molar-refractivity contribution in [2.75, 3.05) is 0 Å². The van der Waals surface area contributed by atoms with Crippen molar-refractivity contribution < 1.29 is 13.9 Å². The molecular formula is C24H23N3O3. The Bertz CT molecular complexity index is 1210. The first kappa shape index (κ1) is 19.8. The molecule has 2 aromatic heterocycles. The Hall–Kier alpha value is -3.54. The Morgan fingerprint density at radius 1 is 1.07 bits per heavy atom. The van der Waals surface area contributed by atoms with Gasteiger partial charge >= 0.3 is 5.97 Å². The minimum Gasteiger partial charge on any atom is -0.449 e. The second kappa shape index (κ2) is 8.06. The third-order valence-corrected chi connectivity index (χ3v) is 5.15. The Kier molecular flexibility index (Phi) is 5.31. The van der Waals surface area contributed by atoms with Crippen molar-refractivity contribution >= 4 is 16.9 Å². The molecule has 0 radical (unpaired) electrons. The average molecular weight is 401 g/mol. The molecule has 0 N–H and O–H groups in total. The molecule has 0 saturated carbocycles. The monoisotopic (exact) mass is 401 g/mol. The van der Waals surface area contributed by atoms with E-state index in [0.717, 1.165) is 39.7 Å². The summed E-state index contributed by atoms with van der Waals surface area (Å²) in [7, 11) is 0. The van der Waals surface area contributed by atoms with E-state index < -0.39 is 12.1 Å². The Labute approximate surface area is 174 Å². The molecule has 0 aliphatic rings. The standard InChI is InChI=1S/C24H23N3O3/c1-5-19-15(3)21(18-8-6-7-9-20(18)25-19)24(28)29-16(4)22-26-27-23(30-22)17-12-10-14(2)11-13-17/h6-13,16H,5H2,1-4H3/t16-/m0/s1. The van der Waals surface area contributed by atoms with Crippen molar-refractivity contribution in [3.05, 3.63) is 76.8 Å². The molecule has 0 spiro atoms. The van der Waals surface area contributed by atoms with E-state index in [1.807, 2.05) is 69.3 Å². The third kappa shape index (κ3) is 3.68. The molecule has 4 aromatic rings. The largest absolute Gasteiger partial charge is 0.449 e. The number of esters is 1. The zero-order chi connectivity index (χ0) is 21.3. The van der Waals surface area contributed by atoms with Gasteiger partial charge in [0.05, 0.1) is 11.1 Å². The number of aryl methyl sites for hydroxylation is 2. The van der Waals surface area contributed by atoms with Crippen molar-refractivity contribution in [1.82, 2.24) is 15.2 Å². The van der Waals surface area contributed by atoms with E-state index in [-0.39, 0.29) is 5.89 Å². The van der Waals surface area contributed by atoms with Gasteiger partial charge in [0.1, 0.15) is 0 Å². The predicted octanol–water partition coefficient (Wildman–Crippen LogP) is 5.38. The second-order valence-electron chi connectivity index (χ2n) is 7.29. The Morgan fingerprint density at radius 3 is 2.53 bits per heavy atom. The van der Waals surface area contributed by atoms with Gasteiger partial charge in [0.25, 0.3) is 5.89 Å². The van der Waals surface area contributed by atoms with Crippen molar-refractivity contribution in [2.24, 2.45) is 0 Å². The van der Waals surface area contributed by atoms with Gasteiger partial charge in [0.15, 0.2) is 6.10 Å². The molecule has 6 heteroatoms. The number of para-hydroxylation sites is 1. The normalized spacial score (nSPS) is 12.1. The van der Waals surface area contributed by atoms with Crippen LogP contribution in [0.25, 0.3) is 22.4 Å². The number of hydrogen-bond acceptors (Lipinski definition) is 6. The quantitative estimate of drug-likeness (QED) is 0.418. The van der Waals surface area contributed by atoms with Gasteiger partial charge in [-0.15, -0.1) is 10.2 Å². The van der Waals surface area contributed by atoms with E-state index in [1.165, 1.54) is 0 Å². The number of carbonyl (C=O) groups is 1. The zero-order valence-electron chi connectivity index (χ0n) is 17.5. The topological polar surface area (TPSA) is 78.1 Å². The lowest BCUT2D eigenvalue weighted by Crippen LogP contribution is -2.13. The highest BCUT2D eigenvalue weighted by atomic mass is 16.6. The molecule has 2 heterocycles. The lowest BCUT2D eigenvalue weighted by atomic mass is 10.0. The number of aromatic nitrogens is 3. The van der Waals surface area contributed by atoms with Gasteiger partial charge in [0, 0.05) is 16.6 Å². The number of fused-ring (bicyclic) bond motifs is 1. The number of carbonyl (C=O) groups excluding carboxylic acids is 1. The third-order valence-electron chi connectivity index (χ3n) is 5.15. The number of nitrogens with zero attached hydrogens (tertiary/aromatic N) is 3. The fourth-order valence-corrected chi connectivity index (χ4v) is 3.45. The van der Waals surface area contributed by atoms with Crippen molar-refractivity contribution in [3.8, 4) is 11.5 Å². The molecule has 2 aromatic carbocycles. The molecule has 0 saturated heterocycles. The predicted molar refractivity (Wildman–Crippen MR) is 114 cm³/mol. The minimum absolute atomic E-state index is 0.255. The maximum atomic E-state index is 13.1. The zero-order valence-corrected chi connectivity index (χ0v) is 17.5. The summed E-state index contributed by atoms with van der Waals surface area (Å²) in [4.78, 5) is 17.8. The van der Waals surface area contributed by atoms with Crippen LogP contribution in [-0.4, -0.2) is 21.2 Å². The maximum absolute atomic E-state index is 13.1. The number of benzene rings is 2. The van der Waals surface area contributed by atoms with E-state index in [1.54, 1.807) is 6.92 Å². The fraction of sp³-hybridized carbons (Fsp3) is 0.250. The van der Waals surface area contributed by atoms with Crippen LogP contribution in [0, 0.1) is 13.8 Å². The lowest BCUT2D eigenvalue weighted by molar-refractivity contribution is 0.0281. The molecular weight excluding hydrogens is 378 g/mol. The maximum Gasteiger partial charge on any atom is 0.339 e. The van der Waals surface area contributed by atoms with Crippen molar-refractivity contribution in [3.63, 3.8) is 0 Å². The summed E-state index contributed by atoms with van der Waals surface area (Å²) in [6.45, 7) is 7.66. The van der Waals surface area contributed by atoms with Crippen LogP contribution >= 0.6 is 0 Å². The van der Waals surface area contributed by atoms with Crippen LogP contribution in [-0.2, 0) is 11.2 Å². The van der Waals surface area contributed by atoms with Gasteiger partial charge < -0.3 is 9.15 Å². The van der Waals surface area contributed by atoms with Crippen LogP contribution in [0.4, 0.5) is 0 Å². The highest BCUT2D eigenvalue weighted by Crippen LogP contribution is 2.28. The van der Waals surface area contributed by atoms with Gasteiger partial charge in [-0.05, 0) is 51.0 Å². The van der Waals surface area contributed by atoms with Gasteiger partial charge in [-0.1, -0.05) is 42.8 Å². The molecule has 0 unspecified atom stereocenters. The first-order valence-electron chi connectivity index (χ1n) is 9.97. The molecule has 0 aliphatic heterocycles. The summed E-state index contributed by atoms with van der Waals surface area (Å²) in [5.41, 5.74) is 4.99. The molecule has 0 bridgehead atoms. The minimum atomic E-state index is -0.680. The Balaban J connectivity index is 1.62. The highest BCUT2D eigenvalue weighted by molar-refractivity contribution is 6.05. The summed E-state index contributed by atoms with van der Waals surface area (Å²) >= 11 is 0. The first-order valence-corrected chi connectivity index (χ1v) is 9.97. The van der Waals surface area contributed by atoms with Gasteiger partial charge in [-0.25, -0.2) is 4.79 Å². The number of ether oxygens (including phenoxy) is 1. The SMILES string of the molecule is CCc1nc2ccccc2c(C(=O)O[C@@H](C)c2nnc(-c3ccc(C)cc3)o2)c1C. The summed E-state index contributed by atoms with van der Waals surface area (Å²) in [5.74, 6) is 0.223. The van der Waals surface area contributed by atoms with Crippen LogP contribution in [0.2, 0.25) is 0 Å². The van der Waals surface area contributed by atoms with Gasteiger partial charge in [-0.3, -0.25) is 4.98 Å². The highest BCUT2D eigenvalue weighted by Gasteiger charge is 2.24. The summed E-state index contributed by atoms with van der Waals surface area (Å²) in [5, 5.41) is 8.94. The molecule has 0 amide bonds. The Morgan fingerprint density at radius 2 is 1.80 bits per heavy atom. The van der Waals surface area contributed by atoms with E-state index in [2.05, 4.69) is 15.2 Å². The summed E-state index contributed by atoms with van der Waals surface area (Å²) in [6.07, 6.45) is 0.0522. The van der Waals surface area contributed by atoms with E-state index in [9.17, 15) is 4.79 Å². The molecule has 1 atom stereocenters. The van der Waals surface area contributed by atoms with Crippen LogP contribution in [0.15, 0.2) is 52.9 Å². The molecule has 30 heavy (non-hydrogen) atoms. The summed E-state index contributed by atoms with van der Waals surface area (Å²) < 4.78 is 11.5. The smallest absolute Gasteiger partial charge is 0.339 e. The first-order chi connectivity index (χ1) is 14.5. The van der Waals surface area contributed by atoms with Gasteiger partial charge in [-0.2, -0.15) is 0 Å². The van der Waals surface area contributed by atoms with E-state index in [4.69, 9.17) is 9.15 Å². The number of hydrogen-bond donors (Lipinski definition) is 0. The van der Waals surface area contributed by atoms with E-state index >= 15 is 0 Å². The number of rotatable bonds is 5. The lowest BCUT2D eigenvalue weighted by Gasteiger charge is -2.15. The summed E-state index contributed by atoms with van der Waals surface area (Å²) in [6, 6.07) is 15.4. The molecule has 0 aliphatic carbocycles. The van der Waals surface area contributed by atoms with E-state index in [0.29, 0.717) is 11.5 Å². The van der Waals surface area contributed by atoms with Crippen molar-refractivity contribution in [1.29, 1.82) is 0 Å².